The van der Waals surface area contributed by atoms with Gasteiger partial charge in [-0.2, -0.15) is 0 Å². The van der Waals surface area contributed by atoms with Crippen LogP contribution in [0.3, 0.4) is 0 Å². The minimum absolute atomic E-state index is 0.0807. The standard InChI is InChI=1S/C17H19FN4O2/c18-8-12(9-19)11-24-13-3-4-14-15(7-13)20-10-16(21-14)17(23)22-5-1-2-6-22/h3-4,7-8,10H,1-2,5-6,9,11,19H2/b12-8+. The number of fused-ring (bicyclic) bond motifs is 1. The molecule has 1 fully saturated rings. The summed E-state index contributed by atoms with van der Waals surface area (Å²) in [6, 6.07) is 5.16. The quantitative estimate of drug-likeness (QED) is 0.907. The van der Waals surface area contributed by atoms with Crippen molar-refractivity contribution in [3.63, 3.8) is 0 Å². The second-order valence-electron chi connectivity index (χ2n) is 5.67. The topological polar surface area (TPSA) is 81.3 Å². The molecule has 1 aromatic carbocycles. The van der Waals surface area contributed by atoms with Gasteiger partial charge in [-0.15, -0.1) is 0 Å². The van der Waals surface area contributed by atoms with Gasteiger partial charge in [0.25, 0.3) is 5.91 Å². The Morgan fingerprint density at radius 1 is 1.33 bits per heavy atom. The van der Waals surface area contributed by atoms with Gasteiger partial charge in [-0.3, -0.25) is 9.78 Å². The number of amides is 1. The van der Waals surface area contributed by atoms with Gasteiger partial charge in [0, 0.05) is 31.3 Å². The van der Waals surface area contributed by atoms with Crippen molar-refractivity contribution in [2.45, 2.75) is 12.8 Å². The Labute approximate surface area is 139 Å². The number of rotatable bonds is 5. The summed E-state index contributed by atoms with van der Waals surface area (Å²) >= 11 is 0. The number of hydrogen-bond donors (Lipinski definition) is 1. The minimum Gasteiger partial charge on any atom is -0.489 e. The molecule has 0 spiro atoms. The fourth-order valence-corrected chi connectivity index (χ4v) is 2.58. The van der Waals surface area contributed by atoms with Crippen LogP contribution in [0.4, 0.5) is 4.39 Å². The molecule has 2 heterocycles. The summed E-state index contributed by atoms with van der Waals surface area (Å²) < 4.78 is 18.0. The molecule has 0 radical (unpaired) electrons. The maximum Gasteiger partial charge on any atom is 0.274 e. The number of hydrogen-bond acceptors (Lipinski definition) is 5. The van der Waals surface area contributed by atoms with Crippen LogP contribution in [0.25, 0.3) is 11.0 Å². The van der Waals surface area contributed by atoms with E-state index in [0.29, 0.717) is 34.4 Å². The van der Waals surface area contributed by atoms with Crippen molar-refractivity contribution >= 4 is 16.9 Å². The summed E-state index contributed by atoms with van der Waals surface area (Å²) in [4.78, 5) is 22.8. The van der Waals surface area contributed by atoms with Gasteiger partial charge in [-0.1, -0.05) is 0 Å². The van der Waals surface area contributed by atoms with E-state index in [1.54, 1.807) is 23.1 Å². The van der Waals surface area contributed by atoms with Gasteiger partial charge in [0.15, 0.2) is 0 Å². The monoisotopic (exact) mass is 330 g/mol. The minimum atomic E-state index is -0.0807. The molecule has 1 amide bonds. The zero-order valence-corrected chi connectivity index (χ0v) is 13.2. The van der Waals surface area contributed by atoms with E-state index in [4.69, 9.17) is 10.5 Å². The van der Waals surface area contributed by atoms with Gasteiger partial charge >= 0.3 is 0 Å². The number of benzene rings is 1. The number of likely N-dealkylation sites (tertiary alicyclic amines) is 1. The van der Waals surface area contributed by atoms with Crippen LogP contribution >= 0.6 is 0 Å². The molecule has 2 N–H and O–H groups in total. The van der Waals surface area contributed by atoms with E-state index in [1.165, 1.54) is 6.20 Å². The number of carbonyl (C=O) groups excluding carboxylic acids is 1. The third-order valence-corrected chi connectivity index (χ3v) is 3.97. The fraction of sp³-hybridized carbons (Fsp3) is 0.353. The first-order valence-electron chi connectivity index (χ1n) is 7.88. The maximum absolute atomic E-state index is 12.5. The lowest BCUT2D eigenvalue weighted by molar-refractivity contribution is 0.0787. The first-order chi connectivity index (χ1) is 11.7. The lowest BCUT2D eigenvalue weighted by Gasteiger charge is -2.14. The summed E-state index contributed by atoms with van der Waals surface area (Å²) in [6.45, 7) is 1.73. The Morgan fingerprint density at radius 3 is 2.83 bits per heavy atom. The Hall–Kier alpha value is -2.54. The number of aromatic nitrogens is 2. The molecule has 6 nitrogen and oxygen atoms in total. The summed E-state index contributed by atoms with van der Waals surface area (Å²) in [5, 5.41) is 0. The largest absolute Gasteiger partial charge is 0.489 e. The fourth-order valence-electron chi connectivity index (χ4n) is 2.58. The van der Waals surface area contributed by atoms with Crippen LogP contribution in [-0.2, 0) is 0 Å². The van der Waals surface area contributed by atoms with Crippen LogP contribution in [0.5, 0.6) is 5.75 Å². The lowest BCUT2D eigenvalue weighted by Crippen LogP contribution is -2.28. The average molecular weight is 330 g/mol. The molecule has 0 aliphatic carbocycles. The van der Waals surface area contributed by atoms with E-state index in [-0.39, 0.29) is 19.1 Å². The highest BCUT2D eigenvalue weighted by Crippen LogP contribution is 2.19. The second kappa shape index (κ2) is 7.35. The molecule has 7 heteroatoms. The highest BCUT2D eigenvalue weighted by atomic mass is 19.1. The van der Waals surface area contributed by atoms with Gasteiger partial charge in [-0.05, 0) is 25.0 Å². The number of nitrogens with two attached hydrogens (primary N) is 1. The predicted molar refractivity (Wildman–Crippen MR) is 88.4 cm³/mol. The van der Waals surface area contributed by atoms with Crippen molar-refractivity contribution in [3.8, 4) is 5.75 Å². The van der Waals surface area contributed by atoms with Crippen LogP contribution in [0.1, 0.15) is 23.3 Å². The molecule has 0 bridgehead atoms. The molecule has 0 atom stereocenters. The molecule has 1 saturated heterocycles. The van der Waals surface area contributed by atoms with Gasteiger partial charge < -0.3 is 15.4 Å². The average Bonchev–Trinajstić information content (AvgIpc) is 3.16. The number of ether oxygens (including phenoxy) is 1. The van der Waals surface area contributed by atoms with Gasteiger partial charge in [-0.25, -0.2) is 9.37 Å². The summed E-state index contributed by atoms with van der Waals surface area (Å²) in [5.41, 5.74) is 7.34. The molecular formula is C17H19FN4O2. The van der Waals surface area contributed by atoms with Crippen molar-refractivity contribution < 1.29 is 13.9 Å². The van der Waals surface area contributed by atoms with Crippen LogP contribution < -0.4 is 10.5 Å². The smallest absolute Gasteiger partial charge is 0.274 e. The first kappa shape index (κ1) is 16.3. The van der Waals surface area contributed by atoms with Crippen LogP contribution in [-0.4, -0.2) is 47.0 Å². The lowest BCUT2D eigenvalue weighted by atomic mass is 10.2. The Balaban J connectivity index is 1.77. The van der Waals surface area contributed by atoms with E-state index in [1.807, 2.05) is 0 Å². The molecule has 2 aromatic rings. The van der Waals surface area contributed by atoms with E-state index < -0.39 is 0 Å². The normalized spacial score (nSPS) is 15.1. The summed E-state index contributed by atoms with van der Waals surface area (Å²) in [5.74, 6) is 0.464. The number of carbonyl (C=O) groups is 1. The predicted octanol–water partition coefficient (Wildman–Crippen LogP) is 2.06. The zero-order valence-electron chi connectivity index (χ0n) is 13.2. The number of nitrogens with zero attached hydrogens (tertiary/aromatic N) is 3. The molecule has 0 saturated carbocycles. The third kappa shape index (κ3) is 3.51. The highest BCUT2D eigenvalue weighted by Gasteiger charge is 2.21. The van der Waals surface area contributed by atoms with E-state index in [0.717, 1.165) is 25.9 Å². The summed E-state index contributed by atoms with van der Waals surface area (Å²) in [6.07, 6.45) is 4.01. The van der Waals surface area contributed by atoms with E-state index in [2.05, 4.69) is 9.97 Å². The molecule has 3 rings (SSSR count). The van der Waals surface area contributed by atoms with Crippen molar-refractivity contribution in [3.05, 3.63) is 42.0 Å². The summed E-state index contributed by atoms with van der Waals surface area (Å²) in [7, 11) is 0. The highest BCUT2D eigenvalue weighted by molar-refractivity contribution is 5.94. The van der Waals surface area contributed by atoms with E-state index >= 15 is 0 Å². The zero-order chi connectivity index (χ0) is 16.9. The number of halogens is 1. The van der Waals surface area contributed by atoms with Crippen molar-refractivity contribution in [1.29, 1.82) is 0 Å². The van der Waals surface area contributed by atoms with Crippen molar-refractivity contribution in [2.24, 2.45) is 5.73 Å². The molecule has 24 heavy (non-hydrogen) atoms. The van der Waals surface area contributed by atoms with Gasteiger partial charge in [0.2, 0.25) is 0 Å². The maximum atomic E-state index is 12.5. The molecule has 126 valence electrons. The Kier molecular flexibility index (Phi) is 5.00. The van der Waals surface area contributed by atoms with Crippen molar-refractivity contribution in [2.75, 3.05) is 26.2 Å². The first-order valence-corrected chi connectivity index (χ1v) is 7.88. The van der Waals surface area contributed by atoms with Crippen LogP contribution in [0.2, 0.25) is 0 Å². The van der Waals surface area contributed by atoms with Gasteiger partial charge in [0.1, 0.15) is 18.1 Å². The third-order valence-electron chi connectivity index (χ3n) is 3.97. The second-order valence-corrected chi connectivity index (χ2v) is 5.67. The van der Waals surface area contributed by atoms with E-state index in [9.17, 15) is 9.18 Å². The Bertz CT molecular complexity index is 772. The van der Waals surface area contributed by atoms with Crippen molar-refractivity contribution in [1.82, 2.24) is 14.9 Å². The molecule has 0 unspecified atom stereocenters. The SMILES string of the molecule is NC/C(=C\F)COc1ccc2nc(C(=O)N3CCCC3)cnc2c1. The molecule has 1 aliphatic rings. The molecular weight excluding hydrogens is 311 g/mol. The Morgan fingerprint density at radius 2 is 2.12 bits per heavy atom. The van der Waals surface area contributed by atoms with Crippen LogP contribution in [0.15, 0.2) is 36.3 Å². The van der Waals surface area contributed by atoms with Crippen LogP contribution in [0, 0.1) is 0 Å². The molecule has 1 aliphatic heterocycles. The molecule has 1 aromatic heterocycles. The van der Waals surface area contributed by atoms with Gasteiger partial charge in [0.05, 0.1) is 23.6 Å².